The van der Waals surface area contributed by atoms with Crippen molar-refractivity contribution in [2.45, 2.75) is 51.5 Å². The van der Waals surface area contributed by atoms with Gasteiger partial charge in [0.2, 0.25) is 0 Å². The summed E-state index contributed by atoms with van der Waals surface area (Å²) in [5, 5.41) is 6.99. The Kier molecular flexibility index (Phi) is 6.49. The first kappa shape index (κ1) is 19.0. The Morgan fingerprint density at radius 1 is 1.17 bits per heavy atom. The van der Waals surface area contributed by atoms with Crippen molar-refractivity contribution >= 4 is 8.32 Å². The summed E-state index contributed by atoms with van der Waals surface area (Å²) < 4.78 is 12.2. The molecule has 0 fully saturated rings. The van der Waals surface area contributed by atoms with Gasteiger partial charge in [0, 0.05) is 13.0 Å². The number of nitrogens with one attached hydrogen (secondary N) is 2. The predicted molar refractivity (Wildman–Crippen MR) is 103 cm³/mol. The molecular formula is C19H32N2O2Si. The summed E-state index contributed by atoms with van der Waals surface area (Å²) >= 11 is 0. The van der Waals surface area contributed by atoms with Crippen molar-refractivity contribution in [2.75, 3.05) is 19.8 Å². The van der Waals surface area contributed by atoms with E-state index in [9.17, 15) is 0 Å². The molecule has 1 aliphatic heterocycles. The van der Waals surface area contributed by atoms with Gasteiger partial charge in [-0.1, -0.05) is 45.0 Å². The minimum absolute atomic E-state index is 0.233. The van der Waals surface area contributed by atoms with Crippen molar-refractivity contribution in [3.05, 3.63) is 42.1 Å². The molecule has 0 saturated carbocycles. The van der Waals surface area contributed by atoms with E-state index in [1.54, 1.807) is 0 Å². The molecule has 1 aromatic rings. The van der Waals surface area contributed by atoms with Crippen molar-refractivity contribution in [3.63, 3.8) is 0 Å². The standard InChI is InChI=1S/C19H32N2O2Si/c1-19(2,3)24(4,5)23-14-13-22-17-10-7-6-9-16(17)15-18-20-11-8-12-21-18/h6-11,18,20-21H,12-15H2,1-5H3. The van der Waals surface area contributed by atoms with Gasteiger partial charge >= 0.3 is 0 Å². The van der Waals surface area contributed by atoms with Crippen LogP contribution in [0.1, 0.15) is 26.3 Å². The summed E-state index contributed by atoms with van der Waals surface area (Å²) in [5.74, 6) is 0.953. The van der Waals surface area contributed by atoms with Gasteiger partial charge in [0.1, 0.15) is 12.4 Å². The number of ether oxygens (including phenoxy) is 1. The van der Waals surface area contributed by atoms with Crippen LogP contribution in [-0.4, -0.2) is 34.2 Å². The molecule has 1 aromatic carbocycles. The maximum Gasteiger partial charge on any atom is 0.192 e. The fourth-order valence-corrected chi connectivity index (χ4v) is 3.37. The number of hydrogen-bond acceptors (Lipinski definition) is 4. The molecule has 0 spiro atoms. The van der Waals surface area contributed by atoms with Crippen molar-refractivity contribution in [1.82, 2.24) is 10.6 Å². The lowest BCUT2D eigenvalue weighted by Crippen LogP contribution is -2.44. The number of rotatable bonds is 7. The van der Waals surface area contributed by atoms with E-state index < -0.39 is 8.32 Å². The third kappa shape index (κ3) is 5.36. The normalized spacial score (nSPS) is 18.3. The van der Waals surface area contributed by atoms with Gasteiger partial charge < -0.3 is 14.5 Å². The second kappa shape index (κ2) is 8.19. The Balaban J connectivity index is 1.85. The van der Waals surface area contributed by atoms with Crippen LogP contribution in [0.15, 0.2) is 36.5 Å². The van der Waals surface area contributed by atoms with E-state index in [-0.39, 0.29) is 11.2 Å². The first-order valence-corrected chi connectivity index (χ1v) is 11.7. The average Bonchev–Trinajstić information content (AvgIpc) is 2.53. The fourth-order valence-electron chi connectivity index (χ4n) is 2.34. The molecule has 1 aliphatic rings. The number of hydrogen-bond donors (Lipinski definition) is 2. The second-order valence-corrected chi connectivity index (χ2v) is 12.6. The highest BCUT2D eigenvalue weighted by atomic mass is 28.4. The minimum atomic E-state index is -1.70. The molecule has 1 heterocycles. The quantitative estimate of drug-likeness (QED) is 0.583. The maximum absolute atomic E-state index is 6.19. The minimum Gasteiger partial charge on any atom is -0.491 e. The number of benzene rings is 1. The molecule has 24 heavy (non-hydrogen) atoms. The zero-order valence-corrected chi connectivity index (χ0v) is 16.7. The summed E-state index contributed by atoms with van der Waals surface area (Å²) in [7, 11) is -1.70. The van der Waals surface area contributed by atoms with Crippen molar-refractivity contribution in [1.29, 1.82) is 0 Å². The predicted octanol–water partition coefficient (Wildman–Crippen LogP) is 3.66. The molecule has 0 amide bonds. The van der Waals surface area contributed by atoms with Gasteiger partial charge in [-0.2, -0.15) is 0 Å². The van der Waals surface area contributed by atoms with Crippen LogP contribution in [-0.2, 0) is 10.8 Å². The van der Waals surface area contributed by atoms with Gasteiger partial charge in [-0.3, -0.25) is 5.32 Å². The lowest BCUT2D eigenvalue weighted by Gasteiger charge is -2.36. The maximum atomic E-state index is 6.19. The van der Waals surface area contributed by atoms with Crippen LogP contribution in [0.5, 0.6) is 5.75 Å². The number of para-hydroxylation sites is 1. The first-order chi connectivity index (χ1) is 11.3. The summed E-state index contributed by atoms with van der Waals surface area (Å²) in [4.78, 5) is 0. The van der Waals surface area contributed by atoms with E-state index in [2.05, 4.69) is 62.7 Å². The smallest absolute Gasteiger partial charge is 0.192 e. The molecule has 5 heteroatoms. The lowest BCUT2D eigenvalue weighted by atomic mass is 10.1. The highest BCUT2D eigenvalue weighted by molar-refractivity contribution is 6.74. The van der Waals surface area contributed by atoms with E-state index in [1.165, 1.54) is 5.56 Å². The third-order valence-corrected chi connectivity index (χ3v) is 9.44. The molecule has 0 bridgehead atoms. The van der Waals surface area contributed by atoms with Crippen LogP contribution in [0.2, 0.25) is 18.1 Å². The zero-order chi connectivity index (χ0) is 17.6. The Morgan fingerprint density at radius 3 is 2.58 bits per heavy atom. The molecule has 2 rings (SSSR count). The van der Waals surface area contributed by atoms with Gasteiger partial charge in [-0.25, -0.2) is 0 Å². The van der Waals surface area contributed by atoms with Crippen molar-refractivity contribution in [2.24, 2.45) is 0 Å². The molecule has 134 valence electrons. The van der Waals surface area contributed by atoms with Gasteiger partial charge in [0.15, 0.2) is 8.32 Å². The Morgan fingerprint density at radius 2 is 1.92 bits per heavy atom. The average molecular weight is 349 g/mol. The van der Waals surface area contributed by atoms with Crippen molar-refractivity contribution in [3.8, 4) is 5.75 Å². The van der Waals surface area contributed by atoms with Gasteiger partial charge in [0.25, 0.3) is 0 Å². The van der Waals surface area contributed by atoms with E-state index in [1.807, 2.05) is 18.3 Å². The highest BCUT2D eigenvalue weighted by Crippen LogP contribution is 2.36. The van der Waals surface area contributed by atoms with Crippen LogP contribution in [0, 0.1) is 0 Å². The molecule has 1 atom stereocenters. The topological polar surface area (TPSA) is 42.5 Å². The molecule has 1 unspecified atom stereocenters. The molecule has 0 radical (unpaired) electrons. The molecule has 0 aliphatic carbocycles. The van der Waals surface area contributed by atoms with Gasteiger partial charge in [-0.15, -0.1) is 0 Å². The summed E-state index contributed by atoms with van der Waals surface area (Å²) in [5.41, 5.74) is 1.21. The Hall–Kier alpha value is -1.30. The van der Waals surface area contributed by atoms with Crippen LogP contribution in [0.25, 0.3) is 0 Å². The summed E-state index contributed by atoms with van der Waals surface area (Å²) in [6.07, 6.45) is 5.24. The van der Waals surface area contributed by atoms with Crippen LogP contribution < -0.4 is 15.4 Å². The van der Waals surface area contributed by atoms with Crippen molar-refractivity contribution < 1.29 is 9.16 Å². The Labute approximate surface area is 147 Å². The SMILES string of the molecule is CC(C)(C)[Si](C)(C)OCCOc1ccccc1CC1NC=CCN1. The molecule has 2 N–H and O–H groups in total. The zero-order valence-electron chi connectivity index (χ0n) is 15.7. The fraction of sp³-hybridized carbons (Fsp3) is 0.579. The third-order valence-electron chi connectivity index (χ3n) is 4.90. The molecule has 0 saturated heterocycles. The monoisotopic (exact) mass is 348 g/mol. The molecular weight excluding hydrogens is 316 g/mol. The van der Waals surface area contributed by atoms with Gasteiger partial charge in [-0.05, 0) is 36.0 Å². The van der Waals surface area contributed by atoms with Crippen LogP contribution in [0.4, 0.5) is 0 Å². The van der Waals surface area contributed by atoms with E-state index in [4.69, 9.17) is 9.16 Å². The summed E-state index contributed by atoms with van der Waals surface area (Å²) in [6.45, 7) is 13.5. The van der Waals surface area contributed by atoms with E-state index >= 15 is 0 Å². The molecule has 0 aromatic heterocycles. The van der Waals surface area contributed by atoms with Crippen LogP contribution >= 0.6 is 0 Å². The highest BCUT2D eigenvalue weighted by Gasteiger charge is 2.36. The second-order valence-electron chi connectivity index (χ2n) is 7.80. The van der Waals surface area contributed by atoms with E-state index in [0.717, 1.165) is 18.7 Å². The van der Waals surface area contributed by atoms with E-state index in [0.29, 0.717) is 13.2 Å². The summed E-state index contributed by atoms with van der Waals surface area (Å²) in [6, 6.07) is 8.26. The molecule has 4 nitrogen and oxygen atoms in total. The van der Waals surface area contributed by atoms with Crippen LogP contribution in [0.3, 0.4) is 0 Å². The van der Waals surface area contributed by atoms with Gasteiger partial charge in [0.05, 0.1) is 12.8 Å². The lowest BCUT2D eigenvalue weighted by molar-refractivity contribution is 0.202. The largest absolute Gasteiger partial charge is 0.491 e. The first-order valence-electron chi connectivity index (χ1n) is 8.79. The Bertz CT molecular complexity index is 553.